The Bertz CT molecular complexity index is 641. The molecule has 0 saturated heterocycles. The first-order valence-corrected chi connectivity index (χ1v) is 5.51. The van der Waals surface area contributed by atoms with Gasteiger partial charge in [0.25, 0.3) is 0 Å². The number of hydrogen-bond donors (Lipinski definition) is 1. The quantitative estimate of drug-likeness (QED) is 0.832. The number of hydrogen-bond acceptors (Lipinski definition) is 5. The van der Waals surface area contributed by atoms with Gasteiger partial charge in [-0.15, -0.1) is 0 Å². The SMILES string of the molecule is CCOC(=O)c1cc(=O)c2cccc(CO)c2o1. The average Bonchev–Trinajstić information content (AvgIpc) is 2.38. The van der Waals surface area contributed by atoms with Gasteiger partial charge in [0.05, 0.1) is 18.6 Å². The fourth-order valence-electron chi connectivity index (χ4n) is 1.66. The van der Waals surface area contributed by atoms with Crippen molar-refractivity contribution in [3.05, 3.63) is 45.8 Å². The van der Waals surface area contributed by atoms with Gasteiger partial charge in [-0.1, -0.05) is 12.1 Å². The molecular weight excluding hydrogens is 236 g/mol. The summed E-state index contributed by atoms with van der Waals surface area (Å²) in [6.45, 7) is 1.59. The summed E-state index contributed by atoms with van der Waals surface area (Å²) < 4.78 is 10.1. The Labute approximate surface area is 103 Å². The molecule has 0 fully saturated rings. The van der Waals surface area contributed by atoms with Gasteiger partial charge in [-0.05, 0) is 13.0 Å². The van der Waals surface area contributed by atoms with E-state index in [1.807, 2.05) is 0 Å². The average molecular weight is 248 g/mol. The van der Waals surface area contributed by atoms with Crippen molar-refractivity contribution in [3.8, 4) is 0 Å². The number of carbonyl (C=O) groups is 1. The number of benzene rings is 1. The molecule has 0 saturated carbocycles. The number of ether oxygens (including phenoxy) is 1. The Balaban J connectivity index is 2.67. The van der Waals surface area contributed by atoms with Gasteiger partial charge < -0.3 is 14.3 Å². The highest BCUT2D eigenvalue weighted by Gasteiger charge is 2.14. The van der Waals surface area contributed by atoms with Crippen LogP contribution in [0.3, 0.4) is 0 Å². The monoisotopic (exact) mass is 248 g/mol. The molecule has 2 rings (SSSR count). The van der Waals surface area contributed by atoms with Gasteiger partial charge in [-0.2, -0.15) is 0 Å². The first kappa shape index (κ1) is 12.3. The number of esters is 1. The highest BCUT2D eigenvalue weighted by Crippen LogP contribution is 2.18. The lowest BCUT2D eigenvalue weighted by Crippen LogP contribution is -2.10. The number of carbonyl (C=O) groups excluding carboxylic acids is 1. The van der Waals surface area contributed by atoms with Crippen LogP contribution >= 0.6 is 0 Å². The Morgan fingerprint density at radius 2 is 2.22 bits per heavy atom. The number of para-hydroxylation sites is 1. The van der Waals surface area contributed by atoms with Crippen LogP contribution in [0.2, 0.25) is 0 Å². The molecule has 5 nitrogen and oxygen atoms in total. The molecule has 0 radical (unpaired) electrons. The Morgan fingerprint density at radius 3 is 2.89 bits per heavy atom. The maximum Gasteiger partial charge on any atom is 0.374 e. The highest BCUT2D eigenvalue weighted by molar-refractivity contribution is 5.89. The van der Waals surface area contributed by atoms with E-state index >= 15 is 0 Å². The van der Waals surface area contributed by atoms with Crippen LogP contribution in [-0.4, -0.2) is 17.7 Å². The summed E-state index contributed by atoms with van der Waals surface area (Å²) in [5.74, 6) is -0.848. The Kier molecular flexibility index (Phi) is 3.43. The maximum absolute atomic E-state index is 11.8. The van der Waals surface area contributed by atoms with E-state index in [0.29, 0.717) is 10.9 Å². The molecule has 2 aromatic rings. The molecular formula is C13H12O5. The van der Waals surface area contributed by atoms with Crippen LogP contribution in [0.25, 0.3) is 11.0 Å². The van der Waals surface area contributed by atoms with E-state index in [9.17, 15) is 14.7 Å². The number of fused-ring (bicyclic) bond motifs is 1. The van der Waals surface area contributed by atoms with Gasteiger partial charge in [-0.3, -0.25) is 4.79 Å². The number of aliphatic hydroxyl groups is 1. The van der Waals surface area contributed by atoms with Crippen LogP contribution in [0.1, 0.15) is 23.0 Å². The van der Waals surface area contributed by atoms with Crippen molar-refractivity contribution in [2.45, 2.75) is 13.5 Å². The molecule has 1 aromatic carbocycles. The van der Waals surface area contributed by atoms with E-state index in [1.165, 1.54) is 0 Å². The second-order valence-corrected chi connectivity index (χ2v) is 3.65. The van der Waals surface area contributed by atoms with E-state index in [-0.39, 0.29) is 30.0 Å². The summed E-state index contributed by atoms with van der Waals surface area (Å²) in [6, 6.07) is 5.95. The van der Waals surface area contributed by atoms with E-state index < -0.39 is 5.97 Å². The van der Waals surface area contributed by atoms with Gasteiger partial charge in [-0.25, -0.2) is 4.79 Å². The van der Waals surface area contributed by atoms with Crippen LogP contribution in [0.15, 0.2) is 33.5 Å². The summed E-state index contributed by atoms with van der Waals surface area (Å²) in [6.07, 6.45) is 0. The third-order valence-corrected chi connectivity index (χ3v) is 2.48. The fourth-order valence-corrected chi connectivity index (χ4v) is 1.66. The zero-order valence-electron chi connectivity index (χ0n) is 9.80. The molecule has 0 aliphatic heterocycles. The smallest absolute Gasteiger partial charge is 0.374 e. The van der Waals surface area contributed by atoms with Gasteiger partial charge in [0.15, 0.2) is 5.43 Å². The van der Waals surface area contributed by atoms with Crippen molar-refractivity contribution in [1.82, 2.24) is 0 Å². The van der Waals surface area contributed by atoms with Crippen molar-refractivity contribution in [1.29, 1.82) is 0 Å². The highest BCUT2D eigenvalue weighted by atomic mass is 16.5. The van der Waals surface area contributed by atoms with Gasteiger partial charge in [0.1, 0.15) is 5.58 Å². The standard InChI is InChI=1S/C13H12O5/c1-2-17-13(16)11-6-10(15)9-5-3-4-8(7-14)12(9)18-11/h3-6,14H,2,7H2,1H3. The van der Waals surface area contributed by atoms with E-state index in [2.05, 4.69) is 0 Å². The van der Waals surface area contributed by atoms with Crippen LogP contribution in [0, 0.1) is 0 Å². The summed E-state index contributed by atoms with van der Waals surface area (Å²) in [5.41, 5.74) is 0.334. The number of rotatable bonds is 3. The van der Waals surface area contributed by atoms with Crippen molar-refractivity contribution < 1.29 is 19.1 Å². The summed E-state index contributed by atoms with van der Waals surface area (Å²) >= 11 is 0. The minimum absolute atomic E-state index is 0.157. The fraction of sp³-hybridized carbons (Fsp3) is 0.231. The lowest BCUT2D eigenvalue weighted by Gasteiger charge is -2.05. The Hall–Kier alpha value is -2.14. The Morgan fingerprint density at radius 1 is 1.44 bits per heavy atom. The van der Waals surface area contributed by atoms with Gasteiger partial charge in [0, 0.05) is 11.6 Å². The van der Waals surface area contributed by atoms with Crippen LogP contribution in [-0.2, 0) is 11.3 Å². The molecule has 1 N–H and O–H groups in total. The molecule has 1 aromatic heterocycles. The molecule has 0 aliphatic carbocycles. The van der Waals surface area contributed by atoms with Crippen molar-refractivity contribution in [3.63, 3.8) is 0 Å². The summed E-state index contributed by atoms with van der Waals surface area (Å²) in [7, 11) is 0. The molecule has 5 heteroatoms. The first-order valence-electron chi connectivity index (χ1n) is 5.51. The molecule has 0 aliphatic rings. The van der Waals surface area contributed by atoms with E-state index in [4.69, 9.17) is 9.15 Å². The first-order chi connectivity index (χ1) is 8.67. The molecule has 18 heavy (non-hydrogen) atoms. The van der Waals surface area contributed by atoms with E-state index in [1.54, 1.807) is 25.1 Å². The van der Waals surface area contributed by atoms with Crippen LogP contribution in [0.5, 0.6) is 0 Å². The maximum atomic E-state index is 11.8. The minimum Gasteiger partial charge on any atom is -0.460 e. The summed E-state index contributed by atoms with van der Waals surface area (Å²) in [5, 5.41) is 9.51. The number of aliphatic hydroxyl groups excluding tert-OH is 1. The zero-order chi connectivity index (χ0) is 13.1. The lowest BCUT2D eigenvalue weighted by molar-refractivity contribution is 0.0490. The lowest BCUT2D eigenvalue weighted by atomic mass is 10.1. The molecule has 1 heterocycles. The molecule has 94 valence electrons. The normalized spacial score (nSPS) is 10.6. The van der Waals surface area contributed by atoms with Crippen molar-refractivity contribution in [2.24, 2.45) is 0 Å². The second kappa shape index (κ2) is 5.01. The van der Waals surface area contributed by atoms with Crippen LogP contribution < -0.4 is 5.43 Å². The third kappa shape index (κ3) is 2.12. The molecule has 0 atom stereocenters. The van der Waals surface area contributed by atoms with E-state index in [0.717, 1.165) is 6.07 Å². The third-order valence-electron chi connectivity index (χ3n) is 2.48. The zero-order valence-corrected chi connectivity index (χ0v) is 9.80. The predicted molar refractivity (Wildman–Crippen MR) is 64.4 cm³/mol. The van der Waals surface area contributed by atoms with Crippen molar-refractivity contribution >= 4 is 16.9 Å². The van der Waals surface area contributed by atoms with Crippen molar-refractivity contribution in [2.75, 3.05) is 6.61 Å². The summed E-state index contributed by atoms with van der Waals surface area (Å²) in [4.78, 5) is 23.3. The predicted octanol–water partition coefficient (Wildman–Crippen LogP) is 1.46. The van der Waals surface area contributed by atoms with Crippen LogP contribution in [0.4, 0.5) is 0 Å². The molecule has 0 amide bonds. The van der Waals surface area contributed by atoms with Gasteiger partial charge in [0.2, 0.25) is 5.76 Å². The molecule has 0 bridgehead atoms. The second-order valence-electron chi connectivity index (χ2n) is 3.65. The minimum atomic E-state index is -0.691. The topological polar surface area (TPSA) is 76.7 Å². The van der Waals surface area contributed by atoms with Gasteiger partial charge >= 0.3 is 5.97 Å². The molecule has 0 unspecified atom stereocenters. The largest absolute Gasteiger partial charge is 0.460 e. The molecule has 0 spiro atoms.